The van der Waals surface area contributed by atoms with Crippen LogP contribution < -0.4 is 5.73 Å². The van der Waals surface area contributed by atoms with Crippen LogP contribution in [0.25, 0.3) is 5.57 Å². The molecule has 2 heteroatoms. The second-order valence-electron chi connectivity index (χ2n) is 2.24. The SMILES string of the molecule is C=C(C)c1ccncc1N. The maximum atomic E-state index is 5.60. The molecule has 1 aromatic rings. The van der Waals surface area contributed by atoms with Crippen LogP contribution in [0.1, 0.15) is 12.5 Å². The lowest BCUT2D eigenvalue weighted by Gasteiger charge is -2.01. The summed E-state index contributed by atoms with van der Waals surface area (Å²) in [7, 11) is 0. The number of nitrogen functional groups attached to an aromatic ring is 1. The predicted molar refractivity (Wildman–Crippen MR) is 43.4 cm³/mol. The fourth-order valence-electron chi connectivity index (χ4n) is 0.795. The third kappa shape index (κ3) is 1.16. The Balaban J connectivity index is 3.15. The van der Waals surface area contributed by atoms with Crippen molar-refractivity contribution >= 4 is 11.3 Å². The Bertz CT molecular complexity index is 253. The van der Waals surface area contributed by atoms with E-state index < -0.39 is 0 Å². The molecule has 10 heavy (non-hydrogen) atoms. The fourth-order valence-corrected chi connectivity index (χ4v) is 0.795. The van der Waals surface area contributed by atoms with E-state index in [2.05, 4.69) is 11.6 Å². The summed E-state index contributed by atoms with van der Waals surface area (Å²) in [5.41, 5.74) is 8.24. The van der Waals surface area contributed by atoms with Gasteiger partial charge in [0.05, 0.1) is 11.9 Å². The van der Waals surface area contributed by atoms with Crippen molar-refractivity contribution in [1.29, 1.82) is 0 Å². The maximum Gasteiger partial charge on any atom is 0.0576 e. The monoisotopic (exact) mass is 134 g/mol. The highest BCUT2D eigenvalue weighted by molar-refractivity contribution is 5.71. The van der Waals surface area contributed by atoms with Crippen LogP contribution in [0.5, 0.6) is 0 Å². The van der Waals surface area contributed by atoms with Crippen LogP contribution >= 0.6 is 0 Å². The lowest BCUT2D eigenvalue weighted by Crippen LogP contribution is -1.91. The predicted octanol–water partition coefficient (Wildman–Crippen LogP) is 1.70. The molecule has 0 saturated heterocycles. The Labute approximate surface area is 60.4 Å². The molecule has 0 spiro atoms. The zero-order valence-corrected chi connectivity index (χ0v) is 5.96. The van der Waals surface area contributed by atoms with Gasteiger partial charge in [0.25, 0.3) is 0 Å². The summed E-state index contributed by atoms with van der Waals surface area (Å²) in [6.07, 6.45) is 3.34. The van der Waals surface area contributed by atoms with Gasteiger partial charge < -0.3 is 5.73 Å². The molecule has 0 unspecified atom stereocenters. The van der Waals surface area contributed by atoms with E-state index >= 15 is 0 Å². The molecule has 0 aromatic carbocycles. The van der Waals surface area contributed by atoms with Gasteiger partial charge in [0.1, 0.15) is 0 Å². The lowest BCUT2D eigenvalue weighted by molar-refractivity contribution is 1.32. The summed E-state index contributed by atoms with van der Waals surface area (Å²) in [6.45, 7) is 5.70. The van der Waals surface area contributed by atoms with Crippen LogP contribution in [0.2, 0.25) is 0 Å². The summed E-state index contributed by atoms with van der Waals surface area (Å²) in [5, 5.41) is 0. The highest BCUT2D eigenvalue weighted by atomic mass is 14.7. The highest BCUT2D eigenvalue weighted by Gasteiger charge is 1.95. The molecule has 0 fully saturated rings. The number of hydrogen-bond donors (Lipinski definition) is 1. The van der Waals surface area contributed by atoms with Gasteiger partial charge >= 0.3 is 0 Å². The summed E-state index contributed by atoms with van der Waals surface area (Å²) in [5.74, 6) is 0. The first kappa shape index (κ1) is 6.81. The Hall–Kier alpha value is -1.31. The topological polar surface area (TPSA) is 38.9 Å². The summed E-state index contributed by atoms with van der Waals surface area (Å²) in [4.78, 5) is 3.86. The van der Waals surface area contributed by atoms with Crippen molar-refractivity contribution in [1.82, 2.24) is 4.98 Å². The van der Waals surface area contributed by atoms with Crippen molar-refractivity contribution in [2.45, 2.75) is 6.92 Å². The van der Waals surface area contributed by atoms with E-state index in [0.29, 0.717) is 5.69 Å². The number of nitrogens with two attached hydrogens (primary N) is 1. The molecule has 0 aliphatic rings. The Morgan fingerprint density at radius 2 is 2.40 bits per heavy atom. The first-order valence-corrected chi connectivity index (χ1v) is 3.07. The molecule has 0 amide bonds. The molecule has 52 valence electrons. The number of pyridine rings is 1. The molecule has 1 heterocycles. The summed E-state index contributed by atoms with van der Waals surface area (Å²) < 4.78 is 0. The number of allylic oxidation sites excluding steroid dienone is 1. The van der Waals surface area contributed by atoms with Gasteiger partial charge in [-0.05, 0) is 18.6 Å². The smallest absolute Gasteiger partial charge is 0.0576 e. The Kier molecular flexibility index (Phi) is 1.71. The third-order valence-corrected chi connectivity index (χ3v) is 1.31. The van der Waals surface area contributed by atoms with Crippen LogP contribution in [-0.2, 0) is 0 Å². The van der Waals surface area contributed by atoms with Crippen LogP contribution in [-0.4, -0.2) is 4.98 Å². The summed E-state index contributed by atoms with van der Waals surface area (Å²) in [6, 6.07) is 1.86. The first-order chi connectivity index (χ1) is 4.72. The van der Waals surface area contributed by atoms with Crippen molar-refractivity contribution in [3.8, 4) is 0 Å². The molecule has 1 rings (SSSR count). The molecular weight excluding hydrogens is 124 g/mol. The second kappa shape index (κ2) is 2.52. The molecule has 0 aliphatic carbocycles. The van der Waals surface area contributed by atoms with Gasteiger partial charge in [-0.15, -0.1) is 0 Å². The average Bonchev–Trinajstić information content (AvgIpc) is 1.88. The quantitative estimate of drug-likeness (QED) is 0.634. The second-order valence-corrected chi connectivity index (χ2v) is 2.24. The van der Waals surface area contributed by atoms with Gasteiger partial charge in [-0.1, -0.05) is 6.58 Å². The van der Waals surface area contributed by atoms with E-state index in [0.717, 1.165) is 11.1 Å². The van der Waals surface area contributed by atoms with Gasteiger partial charge in [0, 0.05) is 11.8 Å². The van der Waals surface area contributed by atoms with Crippen molar-refractivity contribution in [2.24, 2.45) is 0 Å². The van der Waals surface area contributed by atoms with E-state index in [4.69, 9.17) is 5.73 Å². The van der Waals surface area contributed by atoms with Gasteiger partial charge in [-0.3, -0.25) is 4.98 Å². The molecule has 0 bridgehead atoms. The van der Waals surface area contributed by atoms with Crippen LogP contribution in [0.15, 0.2) is 25.0 Å². The van der Waals surface area contributed by atoms with Gasteiger partial charge in [0.15, 0.2) is 0 Å². The standard InChI is InChI=1S/C8H10N2/c1-6(2)7-3-4-10-5-8(7)9/h3-5H,1,9H2,2H3. The molecule has 0 aliphatic heterocycles. The number of nitrogens with zero attached hydrogens (tertiary/aromatic N) is 1. The maximum absolute atomic E-state index is 5.60. The Morgan fingerprint density at radius 3 is 2.80 bits per heavy atom. The zero-order chi connectivity index (χ0) is 7.56. The summed E-state index contributed by atoms with van der Waals surface area (Å²) >= 11 is 0. The largest absolute Gasteiger partial charge is 0.397 e. The minimum absolute atomic E-state index is 0.690. The van der Waals surface area contributed by atoms with E-state index in [1.165, 1.54) is 0 Å². The molecule has 0 atom stereocenters. The van der Waals surface area contributed by atoms with Crippen LogP contribution in [0.4, 0.5) is 5.69 Å². The zero-order valence-electron chi connectivity index (χ0n) is 5.96. The van der Waals surface area contributed by atoms with E-state index in [1.54, 1.807) is 12.4 Å². The Morgan fingerprint density at radius 1 is 1.70 bits per heavy atom. The van der Waals surface area contributed by atoms with E-state index in [9.17, 15) is 0 Å². The van der Waals surface area contributed by atoms with E-state index in [1.807, 2.05) is 13.0 Å². The highest BCUT2D eigenvalue weighted by Crippen LogP contribution is 2.16. The number of aromatic nitrogens is 1. The molecule has 0 saturated carbocycles. The van der Waals surface area contributed by atoms with Gasteiger partial charge in [0.2, 0.25) is 0 Å². The van der Waals surface area contributed by atoms with Crippen molar-refractivity contribution < 1.29 is 0 Å². The van der Waals surface area contributed by atoms with E-state index in [-0.39, 0.29) is 0 Å². The van der Waals surface area contributed by atoms with Gasteiger partial charge in [-0.25, -0.2) is 0 Å². The van der Waals surface area contributed by atoms with Gasteiger partial charge in [-0.2, -0.15) is 0 Å². The third-order valence-electron chi connectivity index (χ3n) is 1.31. The lowest BCUT2D eigenvalue weighted by atomic mass is 10.1. The first-order valence-electron chi connectivity index (χ1n) is 3.07. The fraction of sp³-hybridized carbons (Fsp3) is 0.125. The normalized spacial score (nSPS) is 9.30. The minimum Gasteiger partial charge on any atom is -0.397 e. The molecule has 2 N–H and O–H groups in total. The van der Waals surface area contributed by atoms with Crippen molar-refractivity contribution in [3.63, 3.8) is 0 Å². The van der Waals surface area contributed by atoms with Crippen LogP contribution in [0.3, 0.4) is 0 Å². The number of anilines is 1. The molecule has 0 radical (unpaired) electrons. The average molecular weight is 134 g/mol. The number of rotatable bonds is 1. The minimum atomic E-state index is 0.690. The van der Waals surface area contributed by atoms with Crippen molar-refractivity contribution in [2.75, 3.05) is 5.73 Å². The van der Waals surface area contributed by atoms with Crippen LogP contribution in [0, 0.1) is 0 Å². The van der Waals surface area contributed by atoms with Crippen molar-refractivity contribution in [3.05, 3.63) is 30.6 Å². The molecular formula is C8H10N2. The molecule has 2 nitrogen and oxygen atoms in total. The molecule has 1 aromatic heterocycles. The number of hydrogen-bond acceptors (Lipinski definition) is 2.